The maximum atomic E-state index is 14.2. The Morgan fingerprint density at radius 2 is 0.453 bits per heavy atom. The Morgan fingerprint density at radius 1 is 0.312 bits per heavy atom. The van der Waals surface area contributed by atoms with Gasteiger partial charge >= 0.3 is 49.4 Å². The highest BCUT2D eigenvalue weighted by Gasteiger charge is 2.47. The molecule has 0 saturated carbocycles. The second kappa shape index (κ2) is 17.8. The van der Waals surface area contributed by atoms with Gasteiger partial charge in [0.15, 0.2) is 0 Å². The normalized spacial score (nSPS) is 14.0. The van der Waals surface area contributed by atoms with Crippen LogP contribution in [-0.2, 0) is 64.8 Å². The summed E-state index contributed by atoms with van der Waals surface area (Å²) in [4.78, 5) is 0. The van der Waals surface area contributed by atoms with E-state index in [2.05, 4.69) is 12.5 Å². The Balaban J connectivity index is 0.00000143. The van der Waals surface area contributed by atoms with Gasteiger partial charge in [-0.3, -0.25) is 0 Å². The first-order valence-corrected chi connectivity index (χ1v) is 19.0. The molecule has 0 bridgehead atoms. The van der Waals surface area contributed by atoms with Crippen LogP contribution in [0.25, 0.3) is 0 Å². The molecule has 356 valence electrons. The fourth-order valence-corrected chi connectivity index (χ4v) is 7.23. The third kappa shape index (κ3) is 12.9. The van der Waals surface area contributed by atoms with Gasteiger partial charge in [-0.25, -0.2) is 0 Å². The van der Waals surface area contributed by atoms with Crippen LogP contribution in [-0.4, -0.2) is 24.8 Å². The maximum Gasteiger partial charge on any atom is 0.416 e. The summed E-state index contributed by atoms with van der Waals surface area (Å²) in [6.45, 7) is 4.10. The van der Waals surface area contributed by atoms with Gasteiger partial charge < -0.3 is 0 Å². The molecule has 0 aliphatic carbocycles. The van der Waals surface area contributed by atoms with Crippen LogP contribution >= 0.6 is 0 Å². The van der Waals surface area contributed by atoms with E-state index in [9.17, 15) is 105 Å². The molecular weight excluding hydrogens is 959 g/mol. The third-order valence-corrected chi connectivity index (χ3v) is 9.59. The molecule has 1 nitrogen and oxygen atoms in total. The van der Waals surface area contributed by atoms with E-state index in [1.807, 2.05) is 13.8 Å². The predicted molar refractivity (Wildman–Crippen MR) is 186 cm³/mol. The molecule has 0 heterocycles. The van der Waals surface area contributed by atoms with Crippen molar-refractivity contribution < 1.29 is 110 Å². The maximum absolute atomic E-state index is 14.2. The lowest BCUT2D eigenvalue weighted by molar-refractivity contribution is -0.144. The molecular formula is C37H25BF24OS. The summed E-state index contributed by atoms with van der Waals surface area (Å²) in [6, 6.07) is -8.81. The van der Waals surface area contributed by atoms with Crippen LogP contribution in [0, 0.1) is 0 Å². The quantitative estimate of drug-likeness (QED) is 0.106. The summed E-state index contributed by atoms with van der Waals surface area (Å²) >= 11 is 0.154. The van der Waals surface area contributed by atoms with E-state index in [4.69, 9.17) is 4.18 Å². The van der Waals surface area contributed by atoms with Crippen molar-refractivity contribution in [3.63, 3.8) is 0 Å². The largest absolute Gasteiger partial charge is 0.416 e. The second-order valence-corrected chi connectivity index (χ2v) is 15.8. The van der Waals surface area contributed by atoms with Crippen LogP contribution in [0.1, 0.15) is 58.4 Å². The molecule has 0 N–H and O–H groups in total. The minimum Gasteiger partial charge on any atom is -0.194 e. The molecule has 27 heteroatoms. The average Bonchev–Trinajstić information content (AvgIpc) is 3.08. The first kappa shape index (κ1) is 53.9. The summed E-state index contributed by atoms with van der Waals surface area (Å²) in [5, 5.41) is 0. The van der Waals surface area contributed by atoms with Crippen molar-refractivity contribution in [1.82, 2.24) is 0 Å². The molecule has 4 aromatic rings. The average molecular weight is 984 g/mol. The highest BCUT2D eigenvalue weighted by atomic mass is 32.2. The Morgan fingerprint density at radius 3 is 0.531 bits per heavy atom. The van der Waals surface area contributed by atoms with E-state index in [1.165, 1.54) is 0 Å². The van der Waals surface area contributed by atoms with Gasteiger partial charge in [0.05, 0.1) is 44.5 Å². The highest BCUT2D eigenvalue weighted by molar-refractivity contribution is 7.90. The van der Waals surface area contributed by atoms with Crippen LogP contribution in [0.15, 0.2) is 72.8 Å². The minimum absolute atomic E-state index is 0.154. The zero-order chi connectivity index (χ0) is 49.8. The van der Waals surface area contributed by atoms with Gasteiger partial charge in [0.1, 0.15) is 35.9 Å². The number of rotatable bonds is 6. The van der Waals surface area contributed by atoms with E-state index in [0.717, 1.165) is 0 Å². The molecule has 0 fully saturated rings. The van der Waals surface area contributed by atoms with Gasteiger partial charge in [-0.05, 0) is 38.1 Å². The summed E-state index contributed by atoms with van der Waals surface area (Å²) in [7, 11) is 0. The van der Waals surface area contributed by atoms with E-state index >= 15 is 0 Å². The fraction of sp³-hybridized carbons (Fsp3) is 0.351. The Bertz CT molecular complexity index is 1830. The molecule has 0 atom stereocenters. The van der Waals surface area contributed by atoms with Crippen LogP contribution in [0.3, 0.4) is 0 Å². The predicted octanol–water partition coefficient (Wildman–Crippen LogP) is 12.4. The third-order valence-electron chi connectivity index (χ3n) is 8.82. The summed E-state index contributed by atoms with van der Waals surface area (Å²) in [5.41, 5.74) is -30.2. The van der Waals surface area contributed by atoms with E-state index < -0.39 is 195 Å². The van der Waals surface area contributed by atoms with Gasteiger partial charge in [0.25, 0.3) is 0 Å². The zero-order valence-corrected chi connectivity index (χ0v) is 32.8. The summed E-state index contributed by atoms with van der Waals surface area (Å²) in [5.74, 6) is 0. The molecule has 0 radical (unpaired) electrons. The van der Waals surface area contributed by atoms with Gasteiger partial charge in [-0.15, -0.1) is 0 Å². The SMILES string of the molecule is CC(C)O[S+](C)C.FC(F)(F)c1cc([B-](c2cc(C(F)(F)F)cc(C(F)(F)F)c2)(c2cc(C(F)(F)F)cc(C(F)(F)F)c2)c2cc(C(F)(F)F)cc(C(F)(F)F)c2)cc(C(F)(F)F)c1. The standard InChI is InChI=1S/C32H12BF24.C5H13OS/c34-25(35,36)13-1-14(26(37,38)39)6-21(5-13)33(22-7-15(27(40,41)42)2-16(8-22)28(43,44)45,23-9-17(29(46,47)48)3-18(10-23)30(49,50)51)24-11-19(31(52,53)54)4-20(12-24)32(55,56)57;1-5(2)6-7(3)4/h1-12H;5H,1-4H3/q-1;+1. The lowest BCUT2D eigenvalue weighted by Crippen LogP contribution is -2.75. The number of halogens is 24. The molecule has 0 aliphatic heterocycles. The molecule has 0 unspecified atom stereocenters. The minimum atomic E-state index is -6.13. The number of hydrogen-bond donors (Lipinski definition) is 0. The molecule has 4 rings (SSSR count). The van der Waals surface area contributed by atoms with Crippen LogP contribution in [0.4, 0.5) is 105 Å². The molecule has 0 aromatic heterocycles. The lowest BCUT2D eigenvalue weighted by Gasteiger charge is -2.46. The molecule has 4 aromatic carbocycles. The Hall–Kier alpha value is -4.43. The van der Waals surface area contributed by atoms with Crippen molar-refractivity contribution in [3.8, 4) is 0 Å². The molecule has 0 amide bonds. The zero-order valence-electron chi connectivity index (χ0n) is 32.0. The lowest BCUT2D eigenvalue weighted by atomic mass is 9.12. The van der Waals surface area contributed by atoms with Crippen molar-refractivity contribution >= 4 is 39.2 Å². The molecule has 0 aliphatic rings. The first-order chi connectivity index (χ1) is 28.4. The van der Waals surface area contributed by atoms with Crippen molar-refractivity contribution in [3.05, 3.63) is 117 Å². The first-order valence-electron chi connectivity index (χ1n) is 17.0. The van der Waals surface area contributed by atoms with Gasteiger partial charge in [0, 0.05) is 0 Å². The van der Waals surface area contributed by atoms with Gasteiger partial charge in [-0.2, -0.15) is 131 Å². The summed E-state index contributed by atoms with van der Waals surface area (Å²) < 4.78 is 346. The Labute approximate surface area is 347 Å². The highest BCUT2D eigenvalue weighted by Crippen LogP contribution is 2.41. The van der Waals surface area contributed by atoms with Crippen molar-refractivity contribution in [1.29, 1.82) is 0 Å². The molecule has 0 saturated heterocycles. The topological polar surface area (TPSA) is 9.23 Å². The number of benzene rings is 4. The van der Waals surface area contributed by atoms with Crippen molar-refractivity contribution in [2.75, 3.05) is 12.5 Å². The van der Waals surface area contributed by atoms with Gasteiger partial charge in [0.2, 0.25) is 0 Å². The smallest absolute Gasteiger partial charge is 0.194 e. The van der Waals surface area contributed by atoms with E-state index in [0.29, 0.717) is 6.10 Å². The monoisotopic (exact) mass is 984 g/mol. The van der Waals surface area contributed by atoms with Crippen LogP contribution in [0.2, 0.25) is 0 Å². The molecule has 64 heavy (non-hydrogen) atoms. The van der Waals surface area contributed by atoms with Crippen molar-refractivity contribution in [2.45, 2.75) is 69.4 Å². The Kier molecular flexibility index (Phi) is 15.0. The number of alkyl halides is 24. The molecule has 0 spiro atoms. The van der Waals surface area contributed by atoms with E-state index in [1.54, 1.807) is 0 Å². The van der Waals surface area contributed by atoms with Gasteiger partial charge in [-0.1, -0.05) is 48.5 Å². The second-order valence-electron chi connectivity index (χ2n) is 14.1. The van der Waals surface area contributed by atoms with Crippen LogP contribution < -0.4 is 21.9 Å². The summed E-state index contributed by atoms with van der Waals surface area (Å²) in [6.07, 6.45) is -50.3. The fourth-order valence-electron chi connectivity index (χ4n) is 6.46. The van der Waals surface area contributed by atoms with Crippen molar-refractivity contribution in [2.24, 2.45) is 0 Å². The number of hydrogen-bond acceptors (Lipinski definition) is 1. The van der Waals surface area contributed by atoms with Crippen LogP contribution in [0.5, 0.6) is 0 Å². The van der Waals surface area contributed by atoms with E-state index in [-0.39, 0.29) is 11.2 Å².